The molecular formula is C20H24N6O3. The molecule has 0 aliphatic heterocycles. The van der Waals surface area contributed by atoms with Crippen LogP contribution in [0.1, 0.15) is 49.7 Å². The molecule has 29 heavy (non-hydrogen) atoms. The first-order valence-electron chi connectivity index (χ1n) is 9.59. The van der Waals surface area contributed by atoms with Crippen LogP contribution in [0.15, 0.2) is 23.3 Å². The van der Waals surface area contributed by atoms with Gasteiger partial charge in [-0.05, 0) is 25.2 Å². The van der Waals surface area contributed by atoms with Gasteiger partial charge in [-0.3, -0.25) is 24.1 Å². The maximum Gasteiger partial charge on any atom is 0.291 e. The van der Waals surface area contributed by atoms with Gasteiger partial charge in [0.1, 0.15) is 17.0 Å². The van der Waals surface area contributed by atoms with Crippen LogP contribution in [0.4, 0.5) is 0 Å². The predicted molar refractivity (Wildman–Crippen MR) is 107 cm³/mol. The zero-order valence-electron chi connectivity index (χ0n) is 16.9. The molecule has 0 spiro atoms. The molecule has 0 atom stereocenters. The molecule has 0 aromatic carbocycles. The number of carbonyl (C=O) groups is 1. The lowest BCUT2D eigenvalue weighted by atomic mass is 9.96. The van der Waals surface area contributed by atoms with E-state index in [1.54, 1.807) is 23.0 Å². The Morgan fingerprint density at radius 2 is 1.97 bits per heavy atom. The molecule has 1 amide bonds. The van der Waals surface area contributed by atoms with Crippen LogP contribution in [0.2, 0.25) is 0 Å². The van der Waals surface area contributed by atoms with E-state index in [1.165, 1.54) is 0 Å². The van der Waals surface area contributed by atoms with Crippen LogP contribution >= 0.6 is 0 Å². The zero-order valence-corrected chi connectivity index (χ0v) is 16.9. The summed E-state index contributed by atoms with van der Waals surface area (Å²) in [5, 5.41) is 18.0. The average Bonchev–Trinajstić information content (AvgIpc) is 3.33. The Kier molecular flexibility index (Phi) is 4.40. The summed E-state index contributed by atoms with van der Waals surface area (Å²) in [5.41, 5.74) is 0.932. The number of nitrogens with zero attached hydrogens (tertiary/aromatic N) is 5. The first-order chi connectivity index (χ1) is 13.6. The second-order valence-electron chi connectivity index (χ2n) is 8.74. The summed E-state index contributed by atoms with van der Waals surface area (Å²) < 4.78 is 2.71. The lowest BCUT2D eigenvalue weighted by Crippen LogP contribution is -2.35. The van der Waals surface area contributed by atoms with Crippen molar-refractivity contribution < 1.29 is 9.90 Å². The summed E-state index contributed by atoms with van der Waals surface area (Å²) in [4.78, 5) is 34.2. The van der Waals surface area contributed by atoms with Gasteiger partial charge in [0.15, 0.2) is 5.56 Å². The molecule has 0 radical (unpaired) electrons. The van der Waals surface area contributed by atoms with Crippen molar-refractivity contribution in [2.75, 3.05) is 0 Å². The number of aromatic hydroxyl groups is 1. The van der Waals surface area contributed by atoms with Gasteiger partial charge in [0.25, 0.3) is 11.5 Å². The van der Waals surface area contributed by atoms with Crippen molar-refractivity contribution in [3.05, 3.63) is 40.1 Å². The summed E-state index contributed by atoms with van der Waals surface area (Å²) in [5.74, 6) is -0.927. The Labute approximate surface area is 167 Å². The van der Waals surface area contributed by atoms with Crippen molar-refractivity contribution in [3.8, 4) is 17.3 Å². The van der Waals surface area contributed by atoms with E-state index in [0.29, 0.717) is 23.6 Å². The Morgan fingerprint density at radius 3 is 2.55 bits per heavy atom. The highest BCUT2D eigenvalue weighted by Gasteiger charge is 2.30. The lowest BCUT2D eigenvalue weighted by molar-refractivity contribution is 0.0944. The first-order valence-corrected chi connectivity index (χ1v) is 9.59. The largest absolute Gasteiger partial charge is 0.494 e. The predicted octanol–water partition coefficient (Wildman–Crippen LogP) is 1.91. The van der Waals surface area contributed by atoms with Crippen molar-refractivity contribution in [3.63, 3.8) is 0 Å². The topological polar surface area (TPSA) is 114 Å². The maximum atomic E-state index is 13.0. The van der Waals surface area contributed by atoms with E-state index in [9.17, 15) is 14.7 Å². The first kappa shape index (κ1) is 19.1. The third kappa shape index (κ3) is 3.72. The van der Waals surface area contributed by atoms with Crippen molar-refractivity contribution in [2.45, 2.75) is 53.1 Å². The molecule has 0 saturated heterocycles. The van der Waals surface area contributed by atoms with E-state index in [4.69, 9.17) is 0 Å². The minimum absolute atomic E-state index is 0.0593. The SMILES string of the molecule is Cc1cnc(-c2cc3n(CC(C)(C)C)c(O)c(C(=O)NC4CC4)c(=O)n3n2)cn1. The number of amides is 1. The normalized spacial score (nSPS) is 14.3. The van der Waals surface area contributed by atoms with Gasteiger partial charge in [0.2, 0.25) is 5.88 Å². The zero-order chi connectivity index (χ0) is 20.9. The highest BCUT2D eigenvalue weighted by molar-refractivity contribution is 5.96. The second kappa shape index (κ2) is 6.68. The smallest absolute Gasteiger partial charge is 0.291 e. The molecule has 0 unspecified atom stereocenters. The Balaban J connectivity index is 1.93. The summed E-state index contributed by atoms with van der Waals surface area (Å²) in [7, 11) is 0. The molecule has 3 aromatic rings. The lowest BCUT2D eigenvalue weighted by Gasteiger charge is -2.23. The van der Waals surface area contributed by atoms with Gasteiger partial charge in [-0.2, -0.15) is 9.61 Å². The maximum absolute atomic E-state index is 13.0. The molecule has 3 aromatic heterocycles. The number of nitrogens with one attached hydrogen (secondary N) is 1. The highest BCUT2D eigenvalue weighted by Crippen LogP contribution is 2.27. The fourth-order valence-corrected chi connectivity index (χ4v) is 3.12. The second-order valence-corrected chi connectivity index (χ2v) is 8.74. The molecule has 9 heteroatoms. The molecule has 3 heterocycles. The minimum Gasteiger partial charge on any atom is -0.494 e. The standard InChI is InChI=1S/C20H24N6O3/c1-11-8-22-14(9-21-11)13-7-15-25(10-20(2,3)4)18(28)16(19(29)26(15)24-13)17(27)23-12-5-6-12/h7-9,12,28H,5-6,10H2,1-4H3,(H,23,27). The summed E-state index contributed by atoms with van der Waals surface area (Å²) >= 11 is 0. The van der Waals surface area contributed by atoms with Crippen LogP contribution < -0.4 is 10.9 Å². The molecule has 4 rings (SSSR count). The van der Waals surface area contributed by atoms with E-state index in [2.05, 4.69) is 20.4 Å². The van der Waals surface area contributed by atoms with Gasteiger partial charge in [-0.15, -0.1) is 0 Å². The van der Waals surface area contributed by atoms with Gasteiger partial charge < -0.3 is 10.4 Å². The summed E-state index contributed by atoms with van der Waals surface area (Å²) in [6.07, 6.45) is 4.95. The average molecular weight is 396 g/mol. The van der Waals surface area contributed by atoms with Gasteiger partial charge in [-0.1, -0.05) is 20.8 Å². The van der Waals surface area contributed by atoms with Crippen LogP contribution in [-0.4, -0.2) is 41.2 Å². The molecule has 9 nitrogen and oxygen atoms in total. The molecule has 0 bridgehead atoms. The van der Waals surface area contributed by atoms with Crippen LogP contribution in [0.3, 0.4) is 0 Å². The van der Waals surface area contributed by atoms with Crippen LogP contribution in [0.25, 0.3) is 17.0 Å². The Bertz CT molecular complexity index is 1150. The number of aromatic nitrogens is 5. The van der Waals surface area contributed by atoms with E-state index in [-0.39, 0.29) is 22.9 Å². The molecule has 152 valence electrons. The number of hydrogen-bond donors (Lipinski definition) is 2. The van der Waals surface area contributed by atoms with E-state index in [0.717, 1.165) is 23.1 Å². The molecule has 1 fully saturated rings. The molecule has 1 aliphatic rings. The van der Waals surface area contributed by atoms with Crippen LogP contribution in [0.5, 0.6) is 5.88 Å². The van der Waals surface area contributed by atoms with E-state index < -0.39 is 11.5 Å². The fraction of sp³-hybridized carbons (Fsp3) is 0.450. The van der Waals surface area contributed by atoms with Gasteiger partial charge in [0.05, 0.1) is 11.9 Å². The number of aryl methyl sites for hydroxylation is 1. The van der Waals surface area contributed by atoms with E-state index in [1.807, 2.05) is 27.7 Å². The quantitative estimate of drug-likeness (QED) is 0.696. The van der Waals surface area contributed by atoms with Gasteiger partial charge in [-0.25, -0.2) is 0 Å². The number of rotatable bonds is 4. The number of hydrogen-bond acceptors (Lipinski definition) is 6. The summed E-state index contributed by atoms with van der Waals surface area (Å²) in [6.45, 7) is 8.24. The van der Waals surface area contributed by atoms with Gasteiger partial charge in [0, 0.05) is 24.8 Å². The van der Waals surface area contributed by atoms with Crippen molar-refractivity contribution in [2.24, 2.45) is 5.41 Å². The molecule has 1 aliphatic carbocycles. The van der Waals surface area contributed by atoms with Crippen LogP contribution in [0, 0.1) is 12.3 Å². The highest BCUT2D eigenvalue weighted by atomic mass is 16.3. The third-order valence-corrected chi connectivity index (χ3v) is 4.67. The Hall–Kier alpha value is -3.23. The van der Waals surface area contributed by atoms with Crippen molar-refractivity contribution >= 4 is 11.6 Å². The molecule has 1 saturated carbocycles. The van der Waals surface area contributed by atoms with Crippen LogP contribution in [-0.2, 0) is 6.54 Å². The van der Waals surface area contributed by atoms with Crippen molar-refractivity contribution in [1.82, 2.24) is 29.5 Å². The summed E-state index contributed by atoms with van der Waals surface area (Å²) in [6, 6.07) is 1.73. The third-order valence-electron chi connectivity index (χ3n) is 4.67. The minimum atomic E-state index is -0.660. The van der Waals surface area contributed by atoms with Crippen molar-refractivity contribution in [1.29, 1.82) is 0 Å². The molecule has 2 N–H and O–H groups in total. The molecular weight excluding hydrogens is 372 g/mol. The Morgan fingerprint density at radius 1 is 1.24 bits per heavy atom. The monoisotopic (exact) mass is 396 g/mol. The number of fused-ring (bicyclic) bond motifs is 1. The van der Waals surface area contributed by atoms with E-state index >= 15 is 0 Å². The van der Waals surface area contributed by atoms with Gasteiger partial charge >= 0.3 is 0 Å². The fourth-order valence-electron chi connectivity index (χ4n) is 3.12. The number of carbonyl (C=O) groups excluding carboxylic acids is 1.